The predicted octanol–water partition coefficient (Wildman–Crippen LogP) is 7.68. The van der Waals surface area contributed by atoms with Crippen LogP contribution in [0.15, 0.2) is 64.8 Å². The molecule has 0 saturated carbocycles. The average Bonchev–Trinajstić information content (AvgIpc) is 2.77. The largest absolute Gasteiger partial charge is 0.508 e. The molecule has 5 nitrogen and oxygen atoms in total. The van der Waals surface area contributed by atoms with E-state index in [1.807, 2.05) is 44.2 Å². The predicted molar refractivity (Wildman–Crippen MR) is 131 cm³/mol. The maximum Gasteiger partial charge on any atom is 0.221 e. The number of benzene rings is 3. The van der Waals surface area contributed by atoms with E-state index in [0.29, 0.717) is 0 Å². The summed E-state index contributed by atoms with van der Waals surface area (Å²) in [6, 6.07) is 17.6. The fraction of sp³-hybridized carbons (Fsp3) is 0.296. The number of anilines is 1. The van der Waals surface area contributed by atoms with Gasteiger partial charge in [0, 0.05) is 12.6 Å². The van der Waals surface area contributed by atoms with Crippen molar-refractivity contribution in [3.8, 4) is 16.9 Å². The second-order valence-electron chi connectivity index (χ2n) is 8.21. The molecule has 0 atom stereocenters. The highest BCUT2D eigenvalue weighted by Gasteiger charge is 2.11. The molecule has 3 aromatic carbocycles. The lowest BCUT2D eigenvalue weighted by Crippen LogP contribution is -2.05. The molecule has 0 aromatic heterocycles. The molecule has 0 saturated heterocycles. The van der Waals surface area contributed by atoms with Gasteiger partial charge in [0.05, 0.1) is 11.4 Å². The van der Waals surface area contributed by atoms with Crippen LogP contribution < -0.4 is 5.32 Å². The monoisotopic (exact) mass is 429 g/mol. The molecule has 0 aliphatic carbocycles. The van der Waals surface area contributed by atoms with Crippen LogP contribution in [0.1, 0.15) is 57.2 Å². The first-order valence-electron chi connectivity index (χ1n) is 11.1. The van der Waals surface area contributed by atoms with Crippen LogP contribution in [0.3, 0.4) is 0 Å². The summed E-state index contributed by atoms with van der Waals surface area (Å²) in [4.78, 5) is 11.3. The lowest BCUT2D eigenvalue weighted by Gasteiger charge is -2.13. The highest BCUT2D eigenvalue weighted by atomic mass is 16.3. The average molecular weight is 430 g/mol. The molecule has 0 radical (unpaired) electrons. The Morgan fingerprint density at radius 2 is 1.53 bits per heavy atom. The van der Waals surface area contributed by atoms with Crippen molar-refractivity contribution in [1.29, 1.82) is 0 Å². The Hall–Kier alpha value is -3.47. The van der Waals surface area contributed by atoms with Crippen LogP contribution in [0.2, 0.25) is 0 Å². The molecule has 32 heavy (non-hydrogen) atoms. The smallest absolute Gasteiger partial charge is 0.221 e. The number of amides is 1. The number of carbonyl (C=O) groups is 1. The van der Waals surface area contributed by atoms with Gasteiger partial charge >= 0.3 is 0 Å². The Morgan fingerprint density at radius 3 is 2.06 bits per heavy atom. The van der Waals surface area contributed by atoms with Crippen molar-refractivity contribution in [2.24, 2.45) is 10.2 Å². The van der Waals surface area contributed by atoms with Gasteiger partial charge in [0.15, 0.2) is 0 Å². The van der Waals surface area contributed by atoms with Crippen molar-refractivity contribution in [1.82, 2.24) is 0 Å². The number of phenols is 1. The second-order valence-corrected chi connectivity index (χ2v) is 8.21. The first-order valence-corrected chi connectivity index (χ1v) is 11.1. The van der Waals surface area contributed by atoms with E-state index in [2.05, 4.69) is 41.5 Å². The zero-order chi connectivity index (χ0) is 23.3. The lowest BCUT2D eigenvalue weighted by atomic mass is 9.95. The number of nitrogens with zero attached hydrogens (tertiary/aromatic N) is 2. The van der Waals surface area contributed by atoms with Gasteiger partial charge in [0.25, 0.3) is 0 Å². The zero-order valence-electron chi connectivity index (χ0n) is 19.4. The number of hydrogen-bond donors (Lipinski definition) is 2. The quantitative estimate of drug-likeness (QED) is 0.378. The third-order valence-corrected chi connectivity index (χ3v) is 5.47. The lowest BCUT2D eigenvalue weighted by molar-refractivity contribution is -0.114. The van der Waals surface area contributed by atoms with E-state index < -0.39 is 0 Å². The van der Waals surface area contributed by atoms with Gasteiger partial charge in [-0.15, -0.1) is 5.11 Å². The summed E-state index contributed by atoms with van der Waals surface area (Å²) >= 11 is 0. The molecular weight excluding hydrogens is 398 g/mol. The van der Waals surface area contributed by atoms with Crippen molar-refractivity contribution in [3.63, 3.8) is 0 Å². The minimum absolute atomic E-state index is 0.0804. The van der Waals surface area contributed by atoms with Crippen molar-refractivity contribution in [3.05, 3.63) is 71.3 Å². The maximum atomic E-state index is 11.3. The van der Waals surface area contributed by atoms with E-state index >= 15 is 0 Å². The number of nitrogens with one attached hydrogen (secondary N) is 1. The van der Waals surface area contributed by atoms with E-state index in [4.69, 9.17) is 0 Å². The molecule has 166 valence electrons. The first kappa shape index (κ1) is 23.2. The van der Waals surface area contributed by atoms with E-state index in [9.17, 15) is 9.90 Å². The van der Waals surface area contributed by atoms with E-state index in [0.717, 1.165) is 57.7 Å². The third-order valence-electron chi connectivity index (χ3n) is 5.47. The number of aromatic hydroxyl groups is 1. The van der Waals surface area contributed by atoms with Crippen molar-refractivity contribution in [2.45, 2.75) is 53.4 Å². The van der Waals surface area contributed by atoms with Gasteiger partial charge in [-0.25, -0.2) is 0 Å². The Morgan fingerprint density at radius 1 is 0.906 bits per heavy atom. The van der Waals surface area contributed by atoms with E-state index in [1.165, 1.54) is 6.92 Å². The molecule has 0 bridgehead atoms. The molecule has 3 rings (SSSR count). The minimum Gasteiger partial charge on any atom is -0.508 e. The molecule has 0 fully saturated rings. The van der Waals surface area contributed by atoms with Crippen LogP contribution in [0.5, 0.6) is 5.75 Å². The van der Waals surface area contributed by atoms with Crippen LogP contribution in [0.4, 0.5) is 17.1 Å². The molecule has 5 heteroatoms. The van der Waals surface area contributed by atoms with Gasteiger partial charge in [-0.1, -0.05) is 39.8 Å². The number of hydrogen-bond acceptors (Lipinski definition) is 4. The summed E-state index contributed by atoms with van der Waals surface area (Å²) in [7, 11) is 0. The molecule has 0 spiro atoms. The summed E-state index contributed by atoms with van der Waals surface area (Å²) < 4.78 is 0. The Bertz CT molecular complexity index is 1110. The molecule has 3 aromatic rings. The molecule has 2 N–H and O–H groups in total. The molecule has 0 aliphatic rings. The standard InChI is InChI=1S/C27H31N3O2/c1-6-19-14-22(21-8-10-23(11-9-21)28-18(5)31)15-20(7-2)27(19)30-29-24-12-13-26(32)25(16-24)17(3)4/h8-17,32H,6-7H2,1-5H3,(H,28,31). The Labute approximate surface area is 190 Å². The van der Waals surface area contributed by atoms with Gasteiger partial charge in [-0.3, -0.25) is 4.79 Å². The van der Waals surface area contributed by atoms with Crippen molar-refractivity contribution < 1.29 is 9.90 Å². The highest BCUT2D eigenvalue weighted by Crippen LogP contribution is 2.35. The van der Waals surface area contributed by atoms with Crippen LogP contribution in [-0.4, -0.2) is 11.0 Å². The highest BCUT2D eigenvalue weighted by molar-refractivity contribution is 5.89. The Kier molecular flexibility index (Phi) is 7.41. The van der Waals surface area contributed by atoms with Crippen LogP contribution in [0, 0.1) is 0 Å². The van der Waals surface area contributed by atoms with Crippen molar-refractivity contribution >= 4 is 23.0 Å². The zero-order valence-corrected chi connectivity index (χ0v) is 19.4. The number of azo groups is 1. The van der Waals surface area contributed by atoms with Crippen molar-refractivity contribution in [2.75, 3.05) is 5.32 Å². The minimum atomic E-state index is -0.0804. The van der Waals surface area contributed by atoms with Gasteiger partial charge in [0.1, 0.15) is 5.75 Å². The normalized spacial score (nSPS) is 11.3. The topological polar surface area (TPSA) is 74.0 Å². The number of aryl methyl sites for hydroxylation is 2. The summed E-state index contributed by atoms with van der Waals surface area (Å²) in [5.41, 5.74) is 7.78. The van der Waals surface area contributed by atoms with Crippen LogP contribution >= 0.6 is 0 Å². The fourth-order valence-electron chi connectivity index (χ4n) is 3.72. The van der Waals surface area contributed by atoms with E-state index in [1.54, 1.807) is 12.1 Å². The van der Waals surface area contributed by atoms with Crippen LogP contribution in [0.25, 0.3) is 11.1 Å². The molecule has 0 aliphatic heterocycles. The summed E-state index contributed by atoms with van der Waals surface area (Å²) in [6.07, 6.45) is 1.68. The van der Waals surface area contributed by atoms with Gasteiger partial charge < -0.3 is 10.4 Å². The fourth-order valence-corrected chi connectivity index (χ4v) is 3.72. The maximum absolute atomic E-state index is 11.3. The van der Waals surface area contributed by atoms with Gasteiger partial charge in [-0.2, -0.15) is 5.11 Å². The first-order chi connectivity index (χ1) is 15.3. The Balaban J connectivity index is 1.97. The molecule has 0 unspecified atom stereocenters. The number of phenolic OH excluding ortho intramolecular Hbond substituents is 1. The summed E-state index contributed by atoms with van der Waals surface area (Å²) in [6.45, 7) is 9.83. The number of carbonyl (C=O) groups excluding carboxylic acids is 1. The van der Waals surface area contributed by atoms with Crippen LogP contribution in [-0.2, 0) is 17.6 Å². The summed E-state index contributed by atoms with van der Waals surface area (Å²) in [5.74, 6) is 0.415. The van der Waals surface area contributed by atoms with Gasteiger partial charge in [0.2, 0.25) is 5.91 Å². The summed E-state index contributed by atoms with van der Waals surface area (Å²) in [5, 5.41) is 22.0. The molecular formula is C27H31N3O2. The molecule has 0 heterocycles. The van der Waals surface area contributed by atoms with Gasteiger partial charge in [-0.05, 0) is 89.0 Å². The second kappa shape index (κ2) is 10.2. The molecule has 1 amide bonds. The number of rotatable bonds is 7. The van der Waals surface area contributed by atoms with E-state index in [-0.39, 0.29) is 17.6 Å². The SMILES string of the molecule is CCc1cc(-c2ccc(NC(C)=O)cc2)cc(CC)c1N=Nc1ccc(O)c(C(C)C)c1. The third kappa shape index (κ3) is 5.41.